The van der Waals surface area contributed by atoms with Crippen molar-refractivity contribution in [2.45, 2.75) is 78.1 Å². The molecule has 0 bridgehead atoms. The van der Waals surface area contributed by atoms with Gasteiger partial charge in [0.15, 0.2) is 0 Å². The van der Waals surface area contributed by atoms with Crippen LogP contribution in [0.3, 0.4) is 0 Å². The second-order valence-corrected chi connectivity index (χ2v) is 6.70. The maximum absolute atomic E-state index is 2.58. The Balaban J connectivity index is 3.60. The van der Waals surface area contributed by atoms with Gasteiger partial charge in [0, 0.05) is 0 Å². The molecule has 0 atom stereocenters. The molecular weight excluding hydrogens is 333 g/mol. The standard InChI is InChI=1S/C16H35IN/c1-4-6-8-10-12-14-18(3,16-17)15-13-11-9-7-5-2/h4-16H2,1-3H3/q+1. The molecule has 0 saturated carbocycles. The van der Waals surface area contributed by atoms with E-state index in [-0.39, 0.29) is 0 Å². The van der Waals surface area contributed by atoms with Crippen LogP contribution in [0.2, 0.25) is 0 Å². The molecule has 0 unspecified atom stereocenters. The van der Waals surface area contributed by atoms with Gasteiger partial charge in [0.1, 0.15) is 4.55 Å². The zero-order chi connectivity index (χ0) is 13.7. The van der Waals surface area contributed by atoms with Crippen LogP contribution in [-0.4, -0.2) is 29.2 Å². The number of hydrogen-bond donors (Lipinski definition) is 0. The lowest BCUT2D eigenvalue weighted by Crippen LogP contribution is -2.44. The molecule has 110 valence electrons. The number of nitrogens with zero attached hydrogens (tertiary/aromatic N) is 1. The Hall–Kier alpha value is 0.690. The SMILES string of the molecule is CCCCCCC[N+](C)(CI)CCCCCCC. The van der Waals surface area contributed by atoms with Crippen LogP contribution < -0.4 is 0 Å². The normalized spacial score (nSPS) is 12.0. The van der Waals surface area contributed by atoms with Crippen molar-refractivity contribution in [3.63, 3.8) is 0 Å². The fourth-order valence-corrected chi connectivity index (χ4v) is 3.11. The first kappa shape index (κ1) is 18.7. The minimum Gasteiger partial charge on any atom is -0.318 e. The van der Waals surface area contributed by atoms with E-state index in [1.807, 2.05) is 0 Å². The van der Waals surface area contributed by atoms with E-state index in [4.69, 9.17) is 0 Å². The highest BCUT2D eigenvalue weighted by molar-refractivity contribution is 14.1. The van der Waals surface area contributed by atoms with Crippen LogP contribution in [0.4, 0.5) is 0 Å². The van der Waals surface area contributed by atoms with Crippen molar-refractivity contribution in [1.29, 1.82) is 0 Å². The Morgan fingerprint density at radius 1 is 0.667 bits per heavy atom. The predicted molar refractivity (Wildman–Crippen MR) is 92.3 cm³/mol. The summed E-state index contributed by atoms with van der Waals surface area (Å²) in [5.41, 5.74) is 0. The van der Waals surface area contributed by atoms with E-state index in [1.165, 1.54) is 86.3 Å². The van der Waals surface area contributed by atoms with E-state index in [0.29, 0.717) is 0 Å². The number of quaternary nitrogens is 1. The predicted octanol–water partition coefficient (Wildman–Crippen LogP) is 5.77. The Labute approximate surface area is 129 Å². The minimum atomic E-state index is 1.28. The van der Waals surface area contributed by atoms with Crippen LogP contribution >= 0.6 is 22.6 Å². The van der Waals surface area contributed by atoms with Crippen LogP contribution in [0, 0.1) is 0 Å². The van der Waals surface area contributed by atoms with Crippen molar-refractivity contribution in [3.05, 3.63) is 0 Å². The van der Waals surface area contributed by atoms with Gasteiger partial charge in [-0.25, -0.2) is 0 Å². The summed E-state index contributed by atoms with van der Waals surface area (Å²) in [4.78, 5) is 0. The molecular formula is C16H35IN+. The van der Waals surface area contributed by atoms with Crippen LogP contribution in [0.15, 0.2) is 0 Å². The van der Waals surface area contributed by atoms with Crippen molar-refractivity contribution in [3.8, 4) is 0 Å². The highest BCUT2D eigenvalue weighted by Gasteiger charge is 2.18. The topological polar surface area (TPSA) is 0 Å². The number of unbranched alkanes of at least 4 members (excludes halogenated alkanes) is 8. The molecule has 0 heterocycles. The van der Waals surface area contributed by atoms with E-state index < -0.39 is 0 Å². The van der Waals surface area contributed by atoms with Crippen LogP contribution in [0.5, 0.6) is 0 Å². The van der Waals surface area contributed by atoms with E-state index in [1.54, 1.807) is 0 Å². The summed E-state index contributed by atoms with van der Waals surface area (Å²) in [6.45, 7) is 7.36. The highest BCUT2D eigenvalue weighted by Crippen LogP contribution is 2.14. The van der Waals surface area contributed by atoms with Gasteiger partial charge in [0.25, 0.3) is 0 Å². The maximum Gasteiger partial charge on any atom is 0.129 e. The molecule has 0 radical (unpaired) electrons. The molecule has 0 aromatic carbocycles. The summed E-state index contributed by atoms with van der Waals surface area (Å²) in [5, 5.41) is 0. The summed E-state index contributed by atoms with van der Waals surface area (Å²) >= 11 is 2.58. The quantitative estimate of drug-likeness (QED) is 0.127. The van der Waals surface area contributed by atoms with Crippen LogP contribution in [0.25, 0.3) is 0 Å². The molecule has 0 saturated heterocycles. The van der Waals surface area contributed by atoms with Crippen LogP contribution in [-0.2, 0) is 0 Å². The summed E-state index contributed by atoms with van der Waals surface area (Å²) in [7, 11) is 2.45. The van der Waals surface area contributed by atoms with Gasteiger partial charge >= 0.3 is 0 Å². The van der Waals surface area contributed by atoms with Crippen molar-refractivity contribution >= 4 is 22.6 Å². The smallest absolute Gasteiger partial charge is 0.129 e. The summed E-state index contributed by atoms with van der Waals surface area (Å²) in [6.07, 6.45) is 14.2. The van der Waals surface area contributed by atoms with Crippen molar-refractivity contribution in [1.82, 2.24) is 0 Å². The summed E-state index contributed by atoms with van der Waals surface area (Å²) in [5.74, 6) is 0. The lowest BCUT2D eigenvalue weighted by atomic mass is 10.1. The third kappa shape index (κ3) is 10.6. The molecule has 0 rings (SSSR count). The molecule has 0 aliphatic heterocycles. The molecule has 0 aliphatic carbocycles. The first-order chi connectivity index (χ1) is 8.68. The molecule has 18 heavy (non-hydrogen) atoms. The Bertz CT molecular complexity index is 156. The Kier molecular flexibility index (Phi) is 13.2. The summed E-state index contributed by atoms with van der Waals surface area (Å²) in [6, 6.07) is 0. The van der Waals surface area contributed by atoms with Gasteiger partial charge in [-0.2, -0.15) is 0 Å². The second kappa shape index (κ2) is 12.7. The van der Waals surface area contributed by atoms with Crippen LogP contribution in [0.1, 0.15) is 78.1 Å². The number of halogens is 1. The monoisotopic (exact) mass is 368 g/mol. The van der Waals surface area contributed by atoms with E-state index in [0.717, 1.165) is 0 Å². The average molecular weight is 368 g/mol. The Morgan fingerprint density at radius 3 is 1.39 bits per heavy atom. The fourth-order valence-electron chi connectivity index (χ4n) is 2.43. The van der Waals surface area contributed by atoms with Gasteiger partial charge in [0.05, 0.1) is 20.1 Å². The lowest BCUT2D eigenvalue weighted by molar-refractivity contribution is -0.894. The van der Waals surface area contributed by atoms with Crippen molar-refractivity contribution < 1.29 is 4.48 Å². The molecule has 0 amide bonds. The average Bonchev–Trinajstić information content (AvgIpc) is 2.38. The van der Waals surface area contributed by atoms with Crippen molar-refractivity contribution in [2.75, 3.05) is 24.7 Å². The number of rotatable bonds is 13. The van der Waals surface area contributed by atoms with E-state index in [9.17, 15) is 0 Å². The first-order valence-electron chi connectivity index (χ1n) is 8.08. The number of hydrogen-bond acceptors (Lipinski definition) is 0. The molecule has 0 aromatic rings. The van der Waals surface area contributed by atoms with Gasteiger partial charge in [-0.3, -0.25) is 0 Å². The third-order valence-electron chi connectivity index (χ3n) is 3.89. The minimum absolute atomic E-state index is 1.28. The molecule has 2 heteroatoms. The fraction of sp³-hybridized carbons (Fsp3) is 1.00. The maximum atomic E-state index is 2.58. The highest BCUT2D eigenvalue weighted by atomic mass is 127. The molecule has 0 spiro atoms. The zero-order valence-electron chi connectivity index (χ0n) is 13.0. The van der Waals surface area contributed by atoms with Gasteiger partial charge < -0.3 is 4.48 Å². The number of alkyl halides is 1. The van der Waals surface area contributed by atoms with E-state index in [2.05, 4.69) is 43.5 Å². The van der Waals surface area contributed by atoms with Crippen molar-refractivity contribution in [2.24, 2.45) is 0 Å². The van der Waals surface area contributed by atoms with Gasteiger partial charge in [-0.05, 0) is 48.3 Å². The van der Waals surface area contributed by atoms with Gasteiger partial charge in [0.2, 0.25) is 0 Å². The first-order valence-corrected chi connectivity index (χ1v) is 9.60. The molecule has 0 fully saturated rings. The zero-order valence-corrected chi connectivity index (χ0v) is 15.2. The summed E-state index contributed by atoms with van der Waals surface area (Å²) < 4.78 is 2.57. The molecule has 1 nitrogen and oxygen atoms in total. The molecule has 0 aliphatic rings. The van der Waals surface area contributed by atoms with E-state index >= 15 is 0 Å². The molecule has 0 N–H and O–H groups in total. The van der Waals surface area contributed by atoms with Gasteiger partial charge in [-0.1, -0.05) is 52.4 Å². The third-order valence-corrected chi connectivity index (χ3v) is 5.54. The molecule has 0 aromatic heterocycles. The largest absolute Gasteiger partial charge is 0.318 e. The van der Waals surface area contributed by atoms with Gasteiger partial charge in [-0.15, -0.1) is 0 Å². The lowest BCUT2D eigenvalue weighted by Gasteiger charge is -2.32. The second-order valence-electron chi connectivity index (χ2n) is 6.01. The Morgan fingerprint density at radius 2 is 1.06 bits per heavy atom.